The van der Waals surface area contributed by atoms with E-state index in [9.17, 15) is 19.2 Å². The third-order valence-corrected chi connectivity index (χ3v) is 9.07. The summed E-state index contributed by atoms with van der Waals surface area (Å²) in [6.07, 6.45) is 6.17. The summed E-state index contributed by atoms with van der Waals surface area (Å²) in [6, 6.07) is -1.48. The predicted molar refractivity (Wildman–Crippen MR) is 169 cm³/mol. The van der Waals surface area contributed by atoms with Gasteiger partial charge in [0.1, 0.15) is 12.1 Å². The van der Waals surface area contributed by atoms with Crippen molar-refractivity contribution in [2.75, 3.05) is 27.2 Å². The SMILES string of the molecule is C/C(=C\[C@H](C(C)C)N(C)C(=O)C(NC(=O)C1CCCCN1C(C)C)C(C)(C)C)C(=O)N1CCCC1C(=O)N(C)C(C)C. The lowest BCUT2D eigenvalue weighted by Crippen LogP contribution is -2.60. The standard InChI is InChI=1S/C33H59N5O4/c1-21(2)27(20-24(7)30(40)38-19-15-17-26(38)31(41)35(11)22(3)4)36(12)32(42)28(33(8,9)10)34-29(39)25-16-13-14-18-37(25)23(5)6/h20-23,25-28H,13-19H2,1-12H3,(H,34,39)/b24-20+/t25?,26?,27-,28?/m1/s1. The average molecular weight is 590 g/mol. The van der Waals surface area contributed by atoms with E-state index in [0.29, 0.717) is 18.5 Å². The van der Waals surface area contributed by atoms with Gasteiger partial charge in [-0.2, -0.15) is 0 Å². The summed E-state index contributed by atoms with van der Waals surface area (Å²) in [4.78, 5) is 61.7. The first-order chi connectivity index (χ1) is 19.4. The van der Waals surface area contributed by atoms with Crippen LogP contribution in [0.5, 0.6) is 0 Å². The van der Waals surface area contributed by atoms with Crippen LogP contribution in [0.15, 0.2) is 11.6 Å². The molecule has 0 aromatic heterocycles. The number of rotatable bonds is 10. The maximum Gasteiger partial charge on any atom is 0.249 e. The van der Waals surface area contributed by atoms with Crippen molar-refractivity contribution in [1.29, 1.82) is 0 Å². The van der Waals surface area contributed by atoms with Gasteiger partial charge in [0, 0.05) is 38.3 Å². The Morgan fingerprint density at radius 2 is 1.45 bits per heavy atom. The number of carbonyl (C=O) groups is 4. The molecule has 2 aliphatic heterocycles. The fourth-order valence-electron chi connectivity index (χ4n) is 6.15. The highest BCUT2D eigenvalue weighted by atomic mass is 16.2. The maximum atomic E-state index is 14.1. The summed E-state index contributed by atoms with van der Waals surface area (Å²) in [7, 11) is 3.54. The van der Waals surface area contributed by atoms with Crippen molar-refractivity contribution in [1.82, 2.24) is 24.9 Å². The number of likely N-dealkylation sites (tertiary alicyclic amines) is 2. The number of piperidine rings is 1. The van der Waals surface area contributed by atoms with Crippen molar-refractivity contribution < 1.29 is 19.2 Å². The minimum absolute atomic E-state index is 0.0240. The van der Waals surface area contributed by atoms with Crippen LogP contribution in [0, 0.1) is 11.3 Å². The number of nitrogens with one attached hydrogen (secondary N) is 1. The summed E-state index contributed by atoms with van der Waals surface area (Å²) in [5, 5.41) is 3.13. The molecule has 4 atom stereocenters. The van der Waals surface area contributed by atoms with E-state index in [1.165, 1.54) is 0 Å². The third-order valence-electron chi connectivity index (χ3n) is 9.07. The summed E-state index contributed by atoms with van der Waals surface area (Å²) >= 11 is 0. The van der Waals surface area contributed by atoms with Crippen LogP contribution < -0.4 is 5.32 Å². The molecule has 2 saturated heterocycles. The monoisotopic (exact) mass is 589 g/mol. The number of nitrogens with zero attached hydrogens (tertiary/aromatic N) is 4. The normalized spacial score (nSPS) is 22.0. The van der Waals surface area contributed by atoms with Gasteiger partial charge in [-0.05, 0) is 78.2 Å². The smallest absolute Gasteiger partial charge is 0.249 e. The predicted octanol–water partition coefficient (Wildman–Crippen LogP) is 4.07. The van der Waals surface area contributed by atoms with Gasteiger partial charge in [0.05, 0.1) is 12.1 Å². The van der Waals surface area contributed by atoms with Crippen molar-refractivity contribution in [2.24, 2.45) is 11.3 Å². The molecule has 2 rings (SSSR count). The number of amides is 4. The van der Waals surface area contributed by atoms with Crippen LogP contribution in [0.4, 0.5) is 0 Å². The van der Waals surface area contributed by atoms with Crippen LogP contribution in [-0.2, 0) is 19.2 Å². The zero-order valence-corrected chi connectivity index (χ0v) is 28.5. The number of hydrogen-bond donors (Lipinski definition) is 1. The molecule has 42 heavy (non-hydrogen) atoms. The Kier molecular flexibility index (Phi) is 12.6. The van der Waals surface area contributed by atoms with E-state index in [1.807, 2.05) is 54.5 Å². The van der Waals surface area contributed by atoms with Crippen LogP contribution in [0.1, 0.15) is 101 Å². The maximum absolute atomic E-state index is 14.1. The second-order valence-electron chi connectivity index (χ2n) is 14.4. The molecule has 2 fully saturated rings. The van der Waals surface area contributed by atoms with Crippen LogP contribution in [0.25, 0.3) is 0 Å². The molecule has 0 saturated carbocycles. The van der Waals surface area contributed by atoms with Crippen molar-refractivity contribution in [3.63, 3.8) is 0 Å². The molecule has 1 N–H and O–H groups in total. The number of likely N-dealkylation sites (N-methyl/N-ethyl adjacent to an activating group) is 2. The van der Waals surface area contributed by atoms with E-state index in [0.717, 1.165) is 32.2 Å². The Morgan fingerprint density at radius 3 is 1.98 bits per heavy atom. The molecule has 0 bridgehead atoms. The van der Waals surface area contributed by atoms with Gasteiger partial charge in [0.25, 0.3) is 0 Å². The minimum Gasteiger partial charge on any atom is -0.342 e. The Bertz CT molecular complexity index is 999. The van der Waals surface area contributed by atoms with Gasteiger partial charge in [-0.15, -0.1) is 0 Å². The zero-order chi connectivity index (χ0) is 32.1. The molecule has 4 amide bonds. The van der Waals surface area contributed by atoms with Gasteiger partial charge in [0.15, 0.2) is 0 Å². The molecular formula is C33H59N5O4. The second kappa shape index (κ2) is 14.8. The Morgan fingerprint density at radius 1 is 0.857 bits per heavy atom. The largest absolute Gasteiger partial charge is 0.342 e. The summed E-state index contributed by atoms with van der Waals surface area (Å²) in [5.41, 5.74) is 0.00592. The van der Waals surface area contributed by atoms with Crippen LogP contribution in [0.3, 0.4) is 0 Å². The van der Waals surface area contributed by atoms with Gasteiger partial charge in [0.2, 0.25) is 23.6 Å². The van der Waals surface area contributed by atoms with Crippen molar-refractivity contribution in [2.45, 2.75) is 138 Å². The molecule has 0 aliphatic carbocycles. The summed E-state index contributed by atoms with van der Waals surface area (Å²) < 4.78 is 0. The molecule has 240 valence electrons. The first-order valence-electron chi connectivity index (χ1n) is 16.0. The highest BCUT2D eigenvalue weighted by molar-refractivity contribution is 5.97. The molecular weight excluding hydrogens is 530 g/mol. The molecule has 3 unspecified atom stereocenters. The van der Waals surface area contributed by atoms with E-state index < -0.39 is 17.5 Å². The average Bonchev–Trinajstić information content (AvgIpc) is 3.41. The van der Waals surface area contributed by atoms with E-state index in [2.05, 4.69) is 24.1 Å². The third kappa shape index (κ3) is 8.57. The lowest BCUT2D eigenvalue weighted by molar-refractivity contribution is -0.142. The van der Waals surface area contributed by atoms with E-state index >= 15 is 0 Å². The second-order valence-corrected chi connectivity index (χ2v) is 14.4. The first kappa shape index (κ1) is 35.8. The van der Waals surface area contributed by atoms with Crippen LogP contribution >= 0.6 is 0 Å². The lowest BCUT2D eigenvalue weighted by atomic mass is 9.84. The van der Waals surface area contributed by atoms with E-state index in [-0.39, 0.29) is 53.7 Å². The molecule has 0 aromatic carbocycles. The first-order valence-corrected chi connectivity index (χ1v) is 16.0. The molecule has 0 spiro atoms. The van der Waals surface area contributed by atoms with Crippen molar-refractivity contribution >= 4 is 23.6 Å². The van der Waals surface area contributed by atoms with Crippen LogP contribution in [0.2, 0.25) is 0 Å². The van der Waals surface area contributed by atoms with Gasteiger partial charge in [-0.25, -0.2) is 0 Å². The lowest BCUT2D eigenvalue weighted by Gasteiger charge is -2.41. The molecule has 9 heteroatoms. The Labute approximate surface area is 255 Å². The summed E-state index contributed by atoms with van der Waals surface area (Å²) in [5.74, 6) is -0.443. The van der Waals surface area contributed by atoms with Gasteiger partial charge < -0.3 is 20.0 Å². The zero-order valence-electron chi connectivity index (χ0n) is 28.5. The molecule has 2 aliphatic rings. The topological polar surface area (TPSA) is 93.3 Å². The fraction of sp³-hybridized carbons (Fsp3) is 0.818. The minimum atomic E-state index is -0.719. The highest BCUT2D eigenvalue weighted by Crippen LogP contribution is 2.27. The quantitative estimate of drug-likeness (QED) is 0.388. The Balaban J connectivity index is 2.28. The molecule has 0 radical (unpaired) electrons. The number of hydrogen-bond acceptors (Lipinski definition) is 5. The van der Waals surface area contributed by atoms with E-state index in [4.69, 9.17) is 0 Å². The van der Waals surface area contributed by atoms with Gasteiger partial charge >= 0.3 is 0 Å². The van der Waals surface area contributed by atoms with Gasteiger partial charge in [-0.1, -0.05) is 47.1 Å². The molecule has 9 nitrogen and oxygen atoms in total. The van der Waals surface area contributed by atoms with Gasteiger partial charge in [-0.3, -0.25) is 24.1 Å². The molecule has 2 heterocycles. The fourth-order valence-corrected chi connectivity index (χ4v) is 6.15. The van der Waals surface area contributed by atoms with Crippen LogP contribution in [-0.4, -0.2) is 107 Å². The summed E-state index contributed by atoms with van der Waals surface area (Å²) in [6.45, 7) is 21.3. The van der Waals surface area contributed by atoms with E-state index in [1.54, 1.807) is 35.7 Å². The highest BCUT2D eigenvalue weighted by Gasteiger charge is 2.41. The van der Waals surface area contributed by atoms with Crippen molar-refractivity contribution in [3.05, 3.63) is 11.6 Å². The van der Waals surface area contributed by atoms with Crippen molar-refractivity contribution in [3.8, 4) is 0 Å². The Hall–Kier alpha value is -2.42. The number of carbonyl (C=O) groups excluding carboxylic acids is 4. The molecule has 0 aromatic rings.